The van der Waals surface area contributed by atoms with Crippen molar-refractivity contribution in [1.82, 2.24) is 0 Å². The molecule has 0 radical (unpaired) electrons. The number of hydrogen-bond donors (Lipinski definition) is 1. The van der Waals surface area contributed by atoms with Crippen LogP contribution in [0.2, 0.25) is 0 Å². The third-order valence-electron chi connectivity index (χ3n) is 2.00. The van der Waals surface area contributed by atoms with E-state index in [2.05, 4.69) is 12.2 Å². The van der Waals surface area contributed by atoms with E-state index >= 15 is 0 Å². The van der Waals surface area contributed by atoms with Gasteiger partial charge in [-0.1, -0.05) is 31.4 Å². The van der Waals surface area contributed by atoms with Crippen LogP contribution < -0.4 is 51.4 Å². The third kappa shape index (κ3) is 15.3. The topological polar surface area (TPSA) is 37.3 Å². The smallest absolute Gasteiger partial charge is 1.00 e. The maximum Gasteiger partial charge on any atom is 1.00 e. The Morgan fingerprint density at radius 3 is 2.36 bits per heavy atom. The van der Waals surface area contributed by atoms with Crippen molar-refractivity contribution in [2.45, 2.75) is 51.9 Å². The first-order chi connectivity index (χ1) is 6.27. The van der Waals surface area contributed by atoms with Crippen LogP contribution >= 0.6 is 0 Å². The van der Waals surface area contributed by atoms with Gasteiger partial charge in [0.1, 0.15) is 0 Å². The van der Waals surface area contributed by atoms with Gasteiger partial charge < -0.3 is 6.53 Å². The molecule has 14 heavy (non-hydrogen) atoms. The van der Waals surface area contributed by atoms with Gasteiger partial charge in [0.05, 0.1) is 0 Å². The maximum absolute atomic E-state index is 10.2. The molecule has 0 aromatic rings. The molecule has 0 rings (SSSR count). The summed E-state index contributed by atoms with van der Waals surface area (Å²) in [4.78, 5) is 10.2. The Kier molecular flexibility index (Phi) is 17.1. The van der Waals surface area contributed by atoms with Gasteiger partial charge in [-0.15, -0.1) is 0 Å². The summed E-state index contributed by atoms with van der Waals surface area (Å²) < 4.78 is 0. The minimum absolute atomic E-state index is 0. The molecule has 0 aromatic carbocycles. The van der Waals surface area contributed by atoms with Gasteiger partial charge in [-0.2, -0.15) is 0 Å². The fraction of sp³-hybridized carbons (Fsp3) is 0.727. The van der Waals surface area contributed by atoms with Crippen LogP contribution in [-0.2, 0) is 4.79 Å². The predicted molar refractivity (Wildman–Crippen MR) is 55.9 cm³/mol. The monoisotopic (exact) mass is 224 g/mol. The molecule has 0 aromatic heterocycles. The van der Waals surface area contributed by atoms with Gasteiger partial charge in [0.25, 0.3) is 0 Å². The van der Waals surface area contributed by atoms with Crippen LogP contribution in [0.25, 0.3) is 0 Å². The van der Waals surface area contributed by atoms with Crippen LogP contribution in [0.15, 0.2) is 12.2 Å². The van der Waals surface area contributed by atoms with Crippen LogP contribution in [0.4, 0.5) is 0 Å². The molecule has 0 heterocycles. The summed E-state index contributed by atoms with van der Waals surface area (Å²) >= 11 is 0. The van der Waals surface area contributed by atoms with Gasteiger partial charge in [0.2, 0.25) is 0 Å². The van der Waals surface area contributed by atoms with Crippen LogP contribution in [0.5, 0.6) is 0 Å². The van der Waals surface area contributed by atoms with E-state index in [1.54, 1.807) is 0 Å². The zero-order chi connectivity index (χ0) is 9.94. The number of hydrogen-bond acceptors (Lipinski definition) is 1. The van der Waals surface area contributed by atoms with E-state index in [1.165, 1.54) is 19.3 Å². The Morgan fingerprint density at radius 1 is 1.21 bits per heavy atom. The van der Waals surface area contributed by atoms with Gasteiger partial charge >= 0.3 is 57.4 Å². The molecule has 78 valence electrons. The third-order valence-corrected chi connectivity index (χ3v) is 2.00. The zero-order valence-electron chi connectivity index (χ0n) is 10.5. The molecule has 0 spiro atoms. The largest absolute Gasteiger partial charge is 1.00 e. The normalized spacial score (nSPS) is 10.1. The first-order valence-electron chi connectivity index (χ1n) is 5.10. The number of unbranched alkanes of at least 4 members (excludes halogenated alkanes) is 5. The Labute approximate surface area is 131 Å². The number of carboxylic acids is 1. The van der Waals surface area contributed by atoms with Crippen molar-refractivity contribution >= 4 is 5.97 Å². The fourth-order valence-electron chi connectivity index (χ4n) is 1.24. The summed E-state index contributed by atoms with van der Waals surface area (Å²) in [5.41, 5.74) is 0. The van der Waals surface area contributed by atoms with E-state index < -0.39 is 5.97 Å². The molecule has 0 unspecified atom stereocenters. The Balaban J connectivity index is -0.000000720. The van der Waals surface area contributed by atoms with Crippen molar-refractivity contribution in [1.29, 1.82) is 0 Å². The van der Waals surface area contributed by atoms with E-state index in [9.17, 15) is 4.79 Å². The van der Waals surface area contributed by atoms with Gasteiger partial charge in [-0.25, -0.2) is 0 Å². The van der Waals surface area contributed by atoms with Crippen LogP contribution in [0.1, 0.15) is 53.3 Å². The summed E-state index contributed by atoms with van der Waals surface area (Å²) in [6.07, 6.45) is 11.3. The van der Waals surface area contributed by atoms with E-state index in [0.717, 1.165) is 19.3 Å². The second kappa shape index (κ2) is 13.8. The summed E-state index contributed by atoms with van der Waals surface area (Å²) in [7, 11) is 0. The number of rotatable bonds is 8. The summed E-state index contributed by atoms with van der Waals surface area (Å²) in [6.45, 7) is 2.03. The summed E-state index contributed by atoms with van der Waals surface area (Å²) in [6, 6.07) is 0. The van der Waals surface area contributed by atoms with Crippen LogP contribution in [0.3, 0.4) is 0 Å². The number of carbonyl (C=O) groups is 1. The van der Waals surface area contributed by atoms with Crippen molar-refractivity contribution in [3.8, 4) is 0 Å². The van der Waals surface area contributed by atoms with E-state index in [4.69, 9.17) is 5.11 Å². The van der Waals surface area contributed by atoms with E-state index in [1.807, 2.05) is 6.92 Å². The molecule has 0 saturated carbocycles. The van der Waals surface area contributed by atoms with Crippen molar-refractivity contribution in [2.75, 3.05) is 0 Å². The molecule has 2 nitrogen and oxygen atoms in total. The molecule has 0 saturated heterocycles. The first-order valence-corrected chi connectivity index (χ1v) is 5.10. The van der Waals surface area contributed by atoms with Crippen molar-refractivity contribution in [3.63, 3.8) is 0 Å². The molecular formula is C11H21KO2. The molecule has 0 aliphatic heterocycles. The molecular weight excluding hydrogens is 203 g/mol. The second-order valence-corrected chi connectivity index (χ2v) is 3.27. The standard InChI is InChI=1S/C11H20O2.K.H/c1-2-3-4-5-6-7-8-9-10-11(12)13;;/h2-3H,4-10H2,1H3,(H,12,13);;/q;+1;-1. The molecule has 0 bridgehead atoms. The average molecular weight is 224 g/mol. The summed E-state index contributed by atoms with van der Waals surface area (Å²) in [5, 5.41) is 8.38. The predicted octanol–water partition coefficient (Wildman–Crippen LogP) is 0.494. The van der Waals surface area contributed by atoms with Crippen molar-refractivity contribution in [3.05, 3.63) is 12.2 Å². The molecule has 3 heteroatoms. The zero-order valence-corrected chi connectivity index (χ0v) is 12.6. The molecule has 0 aliphatic rings. The average Bonchev–Trinajstić information content (AvgIpc) is 2.09. The summed E-state index contributed by atoms with van der Waals surface area (Å²) in [5.74, 6) is -0.672. The minimum atomic E-state index is -0.672. The van der Waals surface area contributed by atoms with Crippen LogP contribution in [-0.4, -0.2) is 11.1 Å². The van der Waals surface area contributed by atoms with Crippen LogP contribution in [0, 0.1) is 0 Å². The Bertz CT molecular complexity index is 161. The van der Waals surface area contributed by atoms with Gasteiger partial charge in [0, 0.05) is 6.42 Å². The quantitative estimate of drug-likeness (QED) is 0.370. The second-order valence-electron chi connectivity index (χ2n) is 3.27. The number of allylic oxidation sites excluding steroid dienone is 2. The number of aliphatic carboxylic acids is 1. The molecule has 0 atom stereocenters. The molecule has 1 N–H and O–H groups in total. The van der Waals surface area contributed by atoms with Crippen molar-refractivity contribution in [2.24, 2.45) is 0 Å². The molecule has 0 fully saturated rings. The van der Waals surface area contributed by atoms with E-state index in [0.29, 0.717) is 6.42 Å². The number of carboxylic acid groups (broad SMARTS) is 1. The first kappa shape index (κ1) is 17.2. The molecule has 0 aliphatic carbocycles. The van der Waals surface area contributed by atoms with Crippen molar-refractivity contribution < 1.29 is 62.7 Å². The Morgan fingerprint density at radius 2 is 1.79 bits per heavy atom. The van der Waals surface area contributed by atoms with Gasteiger partial charge in [0.15, 0.2) is 0 Å². The fourth-order valence-corrected chi connectivity index (χ4v) is 1.24. The molecule has 0 amide bonds. The minimum Gasteiger partial charge on any atom is -1.00 e. The maximum atomic E-state index is 10.2. The SMILES string of the molecule is CC=CCCCCCCCC(=O)O.[H-].[K+]. The Hall–Kier alpha value is 0.846. The van der Waals surface area contributed by atoms with E-state index in [-0.39, 0.29) is 52.8 Å². The van der Waals surface area contributed by atoms with Gasteiger partial charge in [-0.3, -0.25) is 4.79 Å². The van der Waals surface area contributed by atoms with Gasteiger partial charge in [-0.05, 0) is 26.2 Å².